The van der Waals surface area contributed by atoms with Crippen molar-refractivity contribution >= 4 is 5.91 Å². The van der Waals surface area contributed by atoms with Crippen LogP contribution < -0.4 is 5.32 Å². The third-order valence-electron chi connectivity index (χ3n) is 2.82. The van der Waals surface area contributed by atoms with Crippen LogP contribution in [-0.4, -0.2) is 19.7 Å². The van der Waals surface area contributed by atoms with E-state index in [9.17, 15) is 9.18 Å². The summed E-state index contributed by atoms with van der Waals surface area (Å²) in [4.78, 5) is 11.9. The molecule has 0 radical (unpaired) electrons. The van der Waals surface area contributed by atoms with Gasteiger partial charge in [-0.3, -0.25) is 4.79 Å². The summed E-state index contributed by atoms with van der Waals surface area (Å²) < 4.78 is 23.1. The van der Waals surface area contributed by atoms with Crippen LogP contribution in [0.1, 0.15) is 27.4 Å². The van der Waals surface area contributed by atoms with Crippen molar-refractivity contribution in [2.75, 3.05) is 13.8 Å². The molecule has 1 aromatic carbocycles. The zero-order valence-corrected chi connectivity index (χ0v) is 11.4. The number of ether oxygens (including phenoxy) is 1. The van der Waals surface area contributed by atoms with E-state index < -0.39 is 0 Å². The fourth-order valence-corrected chi connectivity index (χ4v) is 1.93. The number of aryl methyl sites for hydroxylation is 1. The minimum atomic E-state index is -0.322. The Bertz CT molecular complexity index is 590. The second-order valence-electron chi connectivity index (χ2n) is 4.45. The van der Waals surface area contributed by atoms with Gasteiger partial charge in [-0.2, -0.15) is 0 Å². The number of benzene rings is 1. The van der Waals surface area contributed by atoms with Crippen molar-refractivity contribution in [2.24, 2.45) is 0 Å². The summed E-state index contributed by atoms with van der Waals surface area (Å²) in [6.45, 7) is 1.90. The van der Waals surface area contributed by atoms with Crippen LogP contribution in [0.25, 0.3) is 0 Å². The highest BCUT2D eigenvalue weighted by Gasteiger charge is 2.17. The van der Waals surface area contributed by atoms with Gasteiger partial charge in [0.1, 0.15) is 18.3 Å². The molecular weight excluding hydrogens is 261 g/mol. The molecule has 1 heterocycles. The lowest BCUT2D eigenvalue weighted by Gasteiger charge is -2.04. The monoisotopic (exact) mass is 277 g/mol. The summed E-state index contributed by atoms with van der Waals surface area (Å²) in [5.41, 5.74) is 1.68. The number of amides is 1. The number of methoxy groups -OCH3 is 1. The van der Waals surface area contributed by atoms with Crippen LogP contribution in [0.5, 0.6) is 0 Å². The van der Waals surface area contributed by atoms with Gasteiger partial charge in [0.2, 0.25) is 0 Å². The number of carbonyl (C=O) groups excluding carboxylic acids is 1. The van der Waals surface area contributed by atoms with Crippen molar-refractivity contribution in [1.29, 1.82) is 0 Å². The highest BCUT2D eigenvalue weighted by atomic mass is 19.1. The fraction of sp³-hybridized carbons (Fsp3) is 0.267. The van der Waals surface area contributed by atoms with Gasteiger partial charge >= 0.3 is 0 Å². The summed E-state index contributed by atoms with van der Waals surface area (Å²) >= 11 is 0. The van der Waals surface area contributed by atoms with E-state index >= 15 is 0 Å². The first-order valence-corrected chi connectivity index (χ1v) is 6.21. The van der Waals surface area contributed by atoms with Gasteiger partial charge in [0, 0.05) is 19.1 Å². The van der Waals surface area contributed by atoms with Gasteiger partial charge < -0.3 is 14.5 Å². The normalized spacial score (nSPS) is 10.6. The molecule has 0 unspecified atom stereocenters. The second-order valence-corrected chi connectivity index (χ2v) is 4.45. The standard InChI is InChI=1S/C15H16FNO3/c1-10-7-12(8-11-3-5-13(16)6-4-11)14(20-10)15(18)17-9-19-2/h3-7H,8-9H2,1-2H3,(H,17,18). The Morgan fingerprint density at radius 3 is 2.70 bits per heavy atom. The lowest BCUT2D eigenvalue weighted by Crippen LogP contribution is -2.25. The Kier molecular flexibility index (Phi) is 4.53. The van der Waals surface area contributed by atoms with Gasteiger partial charge in [0.25, 0.3) is 5.91 Å². The molecule has 0 saturated carbocycles. The maximum absolute atomic E-state index is 12.9. The molecule has 0 aliphatic carbocycles. The van der Waals surface area contributed by atoms with Gasteiger partial charge in [-0.25, -0.2) is 4.39 Å². The molecule has 20 heavy (non-hydrogen) atoms. The maximum atomic E-state index is 12.9. The molecule has 0 fully saturated rings. The molecule has 0 aliphatic heterocycles. The van der Waals surface area contributed by atoms with Crippen molar-refractivity contribution < 1.29 is 18.3 Å². The van der Waals surface area contributed by atoms with Crippen LogP contribution in [0.15, 0.2) is 34.7 Å². The van der Waals surface area contributed by atoms with Crippen molar-refractivity contribution in [3.8, 4) is 0 Å². The summed E-state index contributed by atoms with van der Waals surface area (Å²) in [5.74, 6) is 0.320. The Hall–Kier alpha value is -2.14. The van der Waals surface area contributed by atoms with Gasteiger partial charge in [-0.15, -0.1) is 0 Å². The van der Waals surface area contributed by atoms with Gasteiger partial charge in [0.15, 0.2) is 5.76 Å². The Labute approximate surface area is 116 Å². The summed E-state index contributed by atoms with van der Waals surface area (Å²) in [7, 11) is 1.49. The molecule has 106 valence electrons. The number of hydrogen-bond donors (Lipinski definition) is 1. The number of rotatable bonds is 5. The van der Waals surface area contributed by atoms with Crippen molar-refractivity contribution in [2.45, 2.75) is 13.3 Å². The number of halogens is 1. The first kappa shape index (κ1) is 14.3. The first-order chi connectivity index (χ1) is 9.60. The Morgan fingerprint density at radius 1 is 1.35 bits per heavy atom. The lowest BCUT2D eigenvalue weighted by molar-refractivity contribution is 0.0842. The van der Waals surface area contributed by atoms with E-state index in [0.717, 1.165) is 11.1 Å². The highest BCUT2D eigenvalue weighted by molar-refractivity contribution is 5.93. The molecule has 4 nitrogen and oxygen atoms in total. The van der Waals surface area contributed by atoms with Crippen LogP contribution >= 0.6 is 0 Å². The zero-order chi connectivity index (χ0) is 14.5. The van der Waals surface area contributed by atoms with E-state index in [0.29, 0.717) is 12.2 Å². The molecule has 0 spiro atoms. The minimum absolute atomic E-state index is 0.120. The molecular formula is C15H16FNO3. The van der Waals surface area contributed by atoms with Crippen LogP contribution in [0.4, 0.5) is 4.39 Å². The summed E-state index contributed by atoms with van der Waals surface area (Å²) in [6, 6.07) is 7.98. The fourth-order valence-electron chi connectivity index (χ4n) is 1.93. The molecule has 1 N–H and O–H groups in total. The predicted octanol–water partition coefficient (Wildman–Crippen LogP) is 2.65. The summed E-state index contributed by atoms with van der Waals surface area (Å²) in [5, 5.41) is 2.58. The molecule has 5 heteroatoms. The third-order valence-corrected chi connectivity index (χ3v) is 2.82. The molecule has 0 aliphatic rings. The molecule has 1 aromatic heterocycles. The van der Waals surface area contributed by atoms with Gasteiger partial charge in [-0.05, 0) is 30.7 Å². The third kappa shape index (κ3) is 3.45. The van der Waals surface area contributed by atoms with Gasteiger partial charge in [-0.1, -0.05) is 12.1 Å². The van der Waals surface area contributed by atoms with Crippen LogP contribution in [-0.2, 0) is 11.2 Å². The van der Waals surface area contributed by atoms with E-state index in [1.807, 2.05) is 6.07 Å². The van der Waals surface area contributed by atoms with E-state index in [-0.39, 0.29) is 24.2 Å². The number of furan rings is 1. The molecule has 2 rings (SSSR count). The van der Waals surface area contributed by atoms with Gasteiger partial charge in [0.05, 0.1) is 0 Å². The van der Waals surface area contributed by atoms with Crippen LogP contribution in [0.2, 0.25) is 0 Å². The molecule has 0 bridgehead atoms. The second kappa shape index (κ2) is 6.34. The number of hydrogen-bond acceptors (Lipinski definition) is 3. The SMILES string of the molecule is COCNC(=O)c1oc(C)cc1Cc1ccc(F)cc1. The average molecular weight is 277 g/mol. The van der Waals surface area contributed by atoms with Crippen molar-refractivity contribution in [1.82, 2.24) is 5.32 Å². The van der Waals surface area contributed by atoms with Crippen LogP contribution in [0.3, 0.4) is 0 Å². The van der Waals surface area contributed by atoms with Crippen LogP contribution in [0, 0.1) is 12.7 Å². The largest absolute Gasteiger partial charge is 0.456 e. The quantitative estimate of drug-likeness (QED) is 0.855. The van der Waals surface area contributed by atoms with Crippen molar-refractivity contribution in [3.05, 3.63) is 58.8 Å². The molecule has 0 atom stereocenters. The van der Waals surface area contributed by atoms with E-state index in [2.05, 4.69) is 5.32 Å². The molecule has 2 aromatic rings. The lowest BCUT2D eigenvalue weighted by atomic mass is 10.0. The smallest absolute Gasteiger partial charge is 0.289 e. The van der Waals surface area contributed by atoms with E-state index in [4.69, 9.17) is 9.15 Å². The molecule has 1 amide bonds. The average Bonchev–Trinajstić information content (AvgIpc) is 2.79. The summed E-state index contributed by atoms with van der Waals surface area (Å²) in [6.07, 6.45) is 0.507. The highest BCUT2D eigenvalue weighted by Crippen LogP contribution is 2.19. The topological polar surface area (TPSA) is 51.5 Å². The molecule has 0 saturated heterocycles. The minimum Gasteiger partial charge on any atom is -0.456 e. The van der Waals surface area contributed by atoms with Crippen molar-refractivity contribution in [3.63, 3.8) is 0 Å². The zero-order valence-electron chi connectivity index (χ0n) is 11.4. The van der Waals surface area contributed by atoms with E-state index in [1.165, 1.54) is 19.2 Å². The first-order valence-electron chi connectivity index (χ1n) is 6.21. The maximum Gasteiger partial charge on any atom is 0.289 e. The predicted molar refractivity (Wildman–Crippen MR) is 72.0 cm³/mol. The Morgan fingerprint density at radius 2 is 2.05 bits per heavy atom. The van der Waals surface area contributed by atoms with E-state index in [1.54, 1.807) is 19.1 Å². The Balaban J connectivity index is 2.19. The number of carbonyl (C=O) groups is 1. The number of nitrogens with one attached hydrogen (secondary N) is 1.